The number of carbonyl (C=O) groups is 2. The number of hydrogen-bond donors (Lipinski definition) is 1. The number of rotatable bonds is 7. The number of nitrogens with one attached hydrogen (secondary N) is 1. The van der Waals surface area contributed by atoms with E-state index in [-0.39, 0.29) is 18.3 Å². The molecule has 3 rings (SSSR count). The van der Waals surface area contributed by atoms with Gasteiger partial charge in [0, 0.05) is 18.3 Å². The molecule has 0 bridgehead atoms. The number of aromatic nitrogens is 1. The number of halogens is 1. The van der Waals surface area contributed by atoms with E-state index in [2.05, 4.69) is 23.5 Å². The normalized spacial score (nSPS) is 14.9. The number of benzene rings is 1. The van der Waals surface area contributed by atoms with Crippen molar-refractivity contribution < 1.29 is 9.59 Å². The number of anilines is 1. The van der Waals surface area contributed by atoms with Crippen LogP contribution in [0.4, 0.5) is 5.82 Å². The second-order valence-electron chi connectivity index (χ2n) is 6.31. The monoisotopic (exact) mass is 405 g/mol. The lowest BCUT2D eigenvalue weighted by Crippen LogP contribution is -2.39. The van der Waals surface area contributed by atoms with E-state index < -0.39 is 11.9 Å². The predicted octanol–water partition coefficient (Wildman–Crippen LogP) is 4.48. The summed E-state index contributed by atoms with van der Waals surface area (Å²) in [6, 6.07) is 11.6. The van der Waals surface area contributed by atoms with Crippen LogP contribution in [0.2, 0.25) is 5.02 Å². The van der Waals surface area contributed by atoms with Crippen molar-refractivity contribution in [3.05, 3.63) is 108 Å². The molecule has 0 saturated heterocycles. The van der Waals surface area contributed by atoms with Gasteiger partial charge in [-0.1, -0.05) is 79.4 Å². The molecule has 2 aromatic rings. The van der Waals surface area contributed by atoms with Crippen LogP contribution in [0, 0.1) is 0 Å². The first kappa shape index (κ1) is 20.3. The van der Waals surface area contributed by atoms with E-state index in [1.54, 1.807) is 30.4 Å². The number of amides is 2. The van der Waals surface area contributed by atoms with E-state index in [9.17, 15) is 9.59 Å². The zero-order chi connectivity index (χ0) is 20.8. The van der Waals surface area contributed by atoms with Crippen LogP contribution in [-0.4, -0.2) is 28.2 Å². The molecule has 5 nitrogen and oxygen atoms in total. The maximum absolute atomic E-state index is 13.2. The van der Waals surface area contributed by atoms with Gasteiger partial charge in [0.15, 0.2) is 5.82 Å². The van der Waals surface area contributed by atoms with Crippen molar-refractivity contribution in [3.8, 4) is 0 Å². The van der Waals surface area contributed by atoms with E-state index in [1.807, 2.05) is 30.3 Å². The number of pyridine rings is 1. The second-order valence-corrected chi connectivity index (χ2v) is 6.71. The maximum atomic E-state index is 13.2. The van der Waals surface area contributed by atoms with Gasteiger partial charge in [0.1, 0.15) is 6.04 Å². The molecule has 2 amide bonds. The summed E-state index contributed by atoms with van der Waals surface area (Å²) in [6.07, 6.45) is 8.24. The van der Waals surface area contributed by atoms with Gasteiger partial charge in [0.25, 0.3) is 11.8 Å². The van der Waals surface area contributed by atoms with Crippen LogP contribution in [-0.2, 0) is 9.59 Å². The molecule has 1 aliphatic heterocycles. The lowest BCUT2D eigenvalue weighted by Gasteiger charge is -2.28. The molecule has 1 N–H and O–H groups in total. The Morgan fingerprint density at radius 2 is 1.97 bits per heavy atom. The van der Waals surface area contributed by atoms with Crippen LogP contribution < -0.4 is 5.32 Å². The highest BCUT2D eigenvalue weighted by Gasteiger charge is 2.37. The van der Waals surface area contributed by atoms with Crippen LogP contribution in [0.3, 0.4) is 0 Å². The van der Waals surface area contributed by atoms with E-state index >= 15 is 0 Å². The van der Waals surface area contributed by atoms with Gasteiger partial charge in [-0.3, -0.25) is 9.59 Å². The Morgan fingerprint density at radius 1 is 1.21 bits per heavy atom. The first-order valence-corrected chi connectivity index (χ1v) is 9.36. The van der Waals surface area contributed by atoms with E-state index in [4.69, 9.17) is 11.6 Å². The van der Waals surface area contributed by atoms with Gasteiger partial charge in [-0.15, -0.1) is 0 Å². The molecule has 1 aromatic carbocycles. The lowest BCUT2D eigenvalue weighted by molar-refractivity contribution is -0.134. The Morgan fingerprint density at radius 3 is 2.62 bits per heavy atom. The lowest BCUT2D eigenvalue weighted by atomic mass is 10.0. The molecule has 0 saturated carbocycles. The first-order chi connectivity index (χ1) is 14.1. The van der Waals surface area contributed by atoms with Gasteiger partial charge in [0.2, 0.25) is 0 Å². The third kappa shape index (κ3) is 4.36. The number of allylic oxidation sites excluding steroid dienone is 2. The molecular formula is C23H20ClN3O2. The summed E-state index contributed by atoms with van der Waals surface area (Å²) in [7, 11) is 0. The quantitative estimate of drug-likeness (QED) is 0.691. The summed E-state index contributed by atoms with van der Waals surface area (Å²) in [5.74, 6) is -0.419. The Hall–Kier alpha value is -3.44. The minimum absolute atomic E-state index is 0.246. The van der Waals surface area contributed by atoms with Crippen molar-refractivity contribution >= 4 is 29.2 Å². The van der Waals surface area contributed by atoms with Gasteiger partial charge in [-0.25, -0.2) is 4.98 Å². The minimum atomic E-state index is -0.855. The molecule has 0 spiro atoms. The Bertz CT molecular complexity index is 1010. The van der Waals surface area contributed by atoms with Crippen molar-refractivity contribution in [1.29, 1.82) is 0 Å². The predicted molar refractivity (Wildman–Crippen MR) is 115 cm³/mol. The Labute approximate surface area is 174 Å². The van der Waals surface area contributed by atoms with E-state index in [0.29, 0.717) is 16.2 Å². The average Bonchev–Trinajstić information content (AvgIpc) is 3.04. The summed E-state index contributed by atoms with van der Waals surface area (Å²) >= 11 is 6.14. The fourth-order valence-electron chi connectivity index (χ4n) is 3.16. The van der Waals surface area contributed by atoms with Gasteiger partial charge in [0.05, 0.1) is 5.02 Å². The standard InChI is InChI=1S/C23H20ClN3O2/c1-3-5-10-17-15-27(23(29)18(17)4-2)20(16-11-7-6-8-12-16)22(28)26-21-19(24)13-9-14-25-21/h3-14,20H,1-2,15H2,(H,25,26,28)/b10-5-/t20-/m0/s1. The number of carbonyl (C=O) groups excluding carboxylic acids is 2. The molecule has 0 unspecified atom stereocenters. The molecule has 146 valence electrons. The zero-order valence-electron chi connectivity index (χ0n) is 15.7. The summed E-state index contributed by atoms with van der Waals surface area (Å²) < 4.78 is 0. The van der Waals surface area contributed by atoms with Crippen molar-refractivity contribution in [2.75, 3.05) is 11.9 Å². The van der Waals surface area contributed by atoms with Crippen LogP contribution in [0.25, 0.3) is 0 Å². The molecule has 0 fully saturated rings. The first-order valence-electron chi connectivity index (χ1n) is 8.98. The largest absolute Gasteiger partial charge is 0.318 e. The Balaban J connectivity index is 1.97. The highest BCUT2D eigenvalue weighted by molar-refractivity contribution is 6.33. The van der Waals surface area contributed by atoms with Crippen LogP contribution in [0.5, 0.6) is 0 Å². The molecule has 1 aromatic heterocycles. The van der Waals surface area contributed by atoms with Crippen LogP contribution >= 0.6 is 11.6 Å². The SMILES string of the molecule is C=C/C=C\C1=C(C=C)C(=O)N([C@H](C(=O)Nc2ncccc2Cl)c2ccccc2)C1. The Kier molecular flexibility index (Phi) is 6.42. The van der Waals surface area contributed by atoms with Crippen molar-refractivity contribution in [3.63, 3.8) is 0 Å². The smallest absolute Gasteiger partial charge is 0.255 e. The van der Waals surface area contributed by atoms with Crippen molar-refractivity contribution in [1.82, 2.24) is 9.88 Å². The van der Waals surface area contributed by atoms with Gasteiger partial charge in [-0.05, 0) is 23.3 Å². The van der Waals surface area contributed by atoms with Gasteiger partial charge < -0.3 is 10.2 Å². The third-order valence-corrected chi connectivity index (χ3v) is 4.80. The zero-order valence-corrected chi connectivity index (χ0v) is 16.5. The summed E-state index contributed by atoms with van der Waals surface area (Å²) in [6.45, 7) is 7.68. The average molecular weight is 406 g/mol. The maximum Gasteiger partial charge on any atom is 0.255 e. The fraction of sp³-hybridized carbons (Fsp3) is 0.0870. The molecule has 0 aliphatic carbocycles. The molecular weight excluding hydrogens is 386 g/mol. The van der Waals surface area contributed by atoms with Crippen LogP contribution in [0.15, 0.2) is 97.3 Å². The molecule has 6 heteroatoms. The number of hydrogen-bond acceptors (Lipinski definition) is 3. The topological polar surface area (TPSA) is 62.3 Å². The number of nitrogens with zero attached hydrogens (tertiary/aromatic N) is 2. The molecule has 2 heterocycles. The summed E-state index contributed by atoms with van der Waals surface area (Å²) in [5, 5.41) is 3.06. The second kappa shape index (κ2) is 9.17. The fourth-order valence-corrected chi connectivity index (χ4v) is 3.33. The van der Waals surface area contributed by atoms with Crippen LogP contribution in [0.1, 0.15) is 11.6 Å². The van der Waals surface area contributed by atoms with Crippen molar-refractivity contribution in [2.45, 2.75) is 6.04 Å². The molecule has 29 heavy (non-hydrogen) atoms. The molecule has 1 atom stereocenters. The van der Waals surface area contributed by atoms with Crippen molar-refractivity contribution in [2.24, 2.45) is 0 Å². The van der Waals surface area contributed by atoms with Gasteiger partial charge >= 0.3 is 0 Å². The highest BCUT2D eigenvalue weighted by atomic mass is 35.5. The van der Waals surface area contributed by atoms with Gasteiger partial charge in [-0.2, -0.15) is 0 Å². The summed E-state index contributed by atoms with van der Waals surface area (Å²) in [5.41, 5.74) is 1.92. The van der Waals surface area contributed by atoms with E-state index in [0.717, 1.165) is 5.57 Å². The summed E-state index contributed by atoms with van der Waals surface area (Å²) in [4.78, 5) is 31.9. The molecule has 1 aliphatic rings. The third-order valence-electron chi connectivity index (χ3n) is 4.49. The highest BCUT2D eigenvalue weighted by Crippen LogP contribution is 2.32. The minimum Gasteiger partial charge on any atom is -0.318 e. The molecule has 0 radical (unpaired) electrons. The van der Waals surface area contributed by atoms with E-state index in [1.165, 1.54) is 17.2 Å².